The normalized spacial score (nSPS) is 11.7. The summed E-state index contributed by atoms with van der Waals surface area (Å²) in [5.41, 5.74) is 3.55. The Morgan fingerprint density at radius 2 is 1.32 bits per heavy atom. The van der Waals surface area contributed by atoms with Crippen molar-refractivity contribution in [2.75, 3.05) is 5.32 Å². The molecule has 4 heteroatoms. The fraction of sp³-hybridized carbons (Fsp3) is 0.167. The zero-order valence-corrected chi connectivity index (χ0v) is 16.1. The molecule has 0 aromatic heterocycles. The molecule has 142 valence electrons. The zero-order valence-electron chi connectivity index (χ0n) is 16.1. The second-order valence-electron chi connectivity index (χ2n) is 6.84. The van der Waals surface area contributed by atoms with E-state index >= 15 is 0 Å². The van der Waals surface area contributed by atoms with Crippen LogP contribution < -0.4 is 10.6 Å². The molecule has 3 aromatic carbocycles. The molecule has 3 aromatic rings. The minimum Gasteiger partial charge on any atom is -0.344 e. The third-order valence-corrected chi connectivity index (χ3v) is 4.57. The Hall–Kier alpha value is -3.40. The van der Waals surface area contributed by atoms with Gasteiger partial charge >= 0.3 is 0 Å². The Morgan fingerprint density at radius 3 is 1.86 bits per heavy atom. The lowest BCUT2D eigenvalue weighted by atomic mass is 9.90. The van der Waals surface area contributed by atoms with E-state index in [2.05, 4.69) is 10.6 Å². The molecule has 0 aliphatic rings. The number of nitrogens with one attached hydrogen (secondary N) is 2. The fourth-order valence-electron chi connectivity index (χ4n) is 3.12. The van der Waals surface area contributed by atoms with Gasteiger partial charge in [0.1, 0.15) is 6.04 Å². The van der Waals surface area contributed by atoms with Gasteiger partial charge in [-0.3, -0.25) is 9.59 Å². The topological polar surface area (TPSA) is 58.2 Å². The maximum absolute atomic E-state index is 13.1. The van der Waals surface area contributed by atoms with Crippen molar-refractivity contribution in [3.05, 3.63) is 102 Å². The number of hydrogen-bond donors (Lipinski definition) is 2. The van der Waals surface area contributed by atoms with E-state index in [-0.39, 0.29) is 11.8 Å². The quantitative estimate of drug-likeness (QED) is 0.679. The van der Waals surface area contributed by atoms with Gasteiger partial charge in [0.2, 0.25) is 11.8 Å². The largest absolute Gasteiger partial charge is 0.344 e. The highest BCUT2D eigenvalue weighted by Crippen LogP contribution is 2.25. The first kappa shape index (κ1) is 19.4. The SMILES string of the molecule is Cc1cccc(NC(=O)[C@@H](C)NC(=O)C(c2ccccc2)c2ccccc2)c1. The Labute approximate surface area is 165 Å². The summed E-state index contributed by atoms with van der Waals surface area (Å²) in [6, 6.07) is 26.1. The monoisotopic (exact) mass is 372 g/mol. The molecule has 0 aliphatic carbocycles. The minimum absolute atomic E-state index is 0.204. The summed E-state index contributed by atoms with van der Waals surface area (Å²) >= 11 is 0. The second-order valence-corrected chi connectivity index (χ2v) is 6.84. The van der Waals surface area contributed by atoms with Crippen molar-refractivity contribution in [3.8, 4) is 0 Å². The maximum atomic E-state index is 13.1. The maximum Gasteiger partial charge on any atom is 0.246 e. The average Bonchev–Trinajstić information content (AvgIpc) is 2.70. The van der Waals surface area contributed by atoms with E-state index in [1.807, 2.05) is 91.9 Å². The number of rotatable bonds is 6. The predicted molar refractivity (Wildman–Crippen MR) is 112 cm³/mol. The molecular weight excluding hydrogens is 348 g/mol. The van der Waals surface area contributed by atoms with Crippen LogP contribution in [0.4, 0.5) is 5.69 Å². The number of benzene rings is 3. The third-order valence-electron chi connectivity index (χ3n) is 4.57. The molecule has 28 heavy (non-hydrogen) atoms. The van der Waals surface area contributed by atoms with Crippen LogP contribution in [0.5, 0.6) is 0 Å². The van der Waals surface area contributed by atoms with Crippen LogP contribution in [0.25, 0.3) is 0 Å². The minimum atomic E-state index is -0.664. The van der Waals surface area contributed by atoms with Crippen LogP contribution in [0.15, 0.2) is 84.9 Å². The lowest BCUT2D eigenvalue weighted by Crippen LogP contribution is -2.43. The van der Waals surface area contributed by atoms with Gasteiger partial charge in [-0.2, -0.15) is 0 Å². The summed E-state index contributed by atoms with van der Waals surface area (Å²) < 4.78 is 0. The van der Waals surface area contributed by atoms with Gasteiger partial charge < -0.3 is 10.6 Å². The van der Waals surface area contributed by atoms with E-state index < -0.39 is 12.0 Å². The highest BCUT2D eigenvalue weighted by atomic mass is 16.2. The van der Waals surface area contributed by atoms with Crippen LogP contribution in [-0.2, 0) is 9.59 Å². The van der Waals surface area contributed by atoms with Crippen LogP contribution >= 0.6 is 0 Å². The number of carbonyl (C=O) groups excluding carboxylic acids is 2. The van der Waals surface area contributed by atoms with Crippen molar-refractivity contribution in [1.29, 1.82) is 0 Å². The Morgan fingerprint density at radius 1 is 0.750 bits per heavy atom. The van der Waals surface area contributed by atoms with Gasteiger partial charge in [0, 0.05) is 5.69 Å². The van der Waals surface area contributed by atoms with Crippen LogP contribution in [0.3, 0.4) is 0 Å². The van der Waals surface area contributed by atoms with Gasteiger partial charge in [-0.25, -0.2) is 0 Å². The van der Waals surface area contributed by atoms with Crippen LogP contribution in [0, 0.1) is 6.92 Å². The van der Waals surface area contributed by atoms with E-state index in [1.165, 1.54) is 0 Å². The van der Waals surface area contributed by atoms with Gasteiger partial charge in [0.05, 0.1) is 5.92 Å². The van der Waals surface area contributed by atoms with Crippen LogP contribution in [0.1, 0.15) is 29.5 Å². The molecule has 2 N–H and O–H groups in total. The number of carbonyl (C=O) groups is 2. The molecule has 3 rings (SSSR count). The second kappa shape index (κ2) is 9.00. The van der Waals surface area contributed by atoms with Crippen molar-refractivity contribution in [1.82, 2.24) is 5.32 Å². The Balaban J connectivity index is 1.75. The third kappa shape index (κ3) is 4.86. The standard InChI is InChI=1S/C24H24N2O2/c1-17-10-9-15-21(16-17)26-23(27)18(2)25-24(28)22(19-11-5-3-6-12-19)20-13-7-4-8-14-20/h3-16,18,22H,1-2H3,(H,25,28)(H,26,27)/t18-/m1/s1. The fourth-order valence-corrected chi connectivity index (χ4v) is 3.12. The highest BCUT2D eigenvalue weighted by Gasteiger charge is 2.25. The van der Waals surface area contributed by atoms with Crippen LogP contribution in [-0.4, -0.2) is 17.9 Å². The molecule has 0 saturated heterocycles. The van der Waals surface area contributed by atoms with Gasteiger partial charge in [0.15, 0.2) is 0 Å². The first-order valence-electron chi connectivity index (χ1n) is 9.32. The molecular formula is C24H24N2O2. The summed E-state index contributed by atoms with van der Waals surface area (Å²) in [7, 11) is 0. The molecule has 0 aliphatic heterocycles. The molecule has 1 atom stereocenters. The van der Waals surface area contributed by atoms with Crippen molar-refractivity contribution < 1.29 is 9.59 Å². The number of aryl methyl sites for hydroxylation is 1. The number of anilines is 1. The van der Waals surface area contributed by atoms with Gasteiger partial charge in [0.25, 0.3) is 0 Å². The zero-order chi connectivity index (χ0) is 19.9. The lowest BCUT2D eigenvalue weighted by molar-refractivity contribution is -0.126. The van der Waals surface area contributed by atoms with Crippen LogP contribution in [0.2, 0.25) is 0 Å². The average molecular weight is 372 g/mol. The van der Waals surface area contributed by atoms with Crippen molar-refractivity contribution in [2.45, 2.75) is 25.8 Å². The van der Waals surface area contributed by atoms with E-state index in [0.717, 1.165) is 16.7 Å². The number of hydrogen-bond acceptors (Lipinski definition) is 2. The molecule has 2 amide bonds. The van der Waals surface area contributed by atoms with Gasteiger partial charge in [-0.1, -0.05) is 72.8 Å². The van der Waals surface area contributed by atoms with E-state index in [0.29, 0.717) is 5.69 Å². The summed E-state index contributed by atoms with van der Waals surface area (Å²) in [6.45, 7) is 3.65. The van der Waals surface area contributed by atoms with E-state index in [4.69, 9.17) is 0 Å². The number of amides is 2. The molecule has 4 nitrogen and oxygen atoms in total. The molecule has 0 heterocycles. The summed E-state index contributed by atoms with van der Waals surface area (Å²) in [4.78, 5) is 25.6. The molecule has 0 radical (unpaired) electrons. The van der Waals surface area contributed by atoms with E-state index in [9.17, 15) is 9.59 Å². The smallest absolute Gasteiger partial charge is 0.246 e. The molecule has 0 spiro atoms. The van der Waals surface area contributed by atoms with Gasteiger partial charge in [-0.05, 0) is 42.7 Å². The molecule has 0 bridgehead atoms. The molecule has 0 fully saturated rings. The van der Waals surface area contributed by atoms with Crippen molar-refractivity contribution in [3.63, 3.8) is 0 Å². The predicted octanol–water partition coefficient (Wildman–Crippen LogP) is 4.27. The molecule has 0 unspecified atom stereocenters. The summed E-state index contributed by atoms with van der Waals surface area (Å²) in [5, 5.41) is 5.71. The Bertz CT molecular complexity index is 900. The Kier molecular flexibility index (Phi) is 6.22. The van der Waals surface area contributed by atoms with Crippen molar-refractivity contribution in [2.24, 2.45) is 0 Å². The highest BCUT2D eigenvalue weighted by molar-refractivity contribution is 5.98. The first-order chi connectivity index (χ1) is 13.5. The van der Waals surface area contributed by atoms with Gasteiger partial charge in [-0.15, -0.1) is 0 Å². The lowest BCUT2D eigenvalue weighted by Gasteiger charge is -2.21. The summed E-state index contributed by atoms with van der Waals surface area (Å²) in [5.74, 6) is -0.931. The molecule has 0 saturated carbocycles. The summed E-state index contributed by atoms with van der Waals surface area (Å²) in [6.07, 6.45) is 0. The van der Waals surface area contributed by atoms with Crippen molar-refractivity contribution >= 4 is 17.5 Å². The first-order valence-corrected chi connectivity index (χ1v) is 9.32. The van der Waals surface area contributed by atoms with E-state index in [1.54, 1.807) is 6.92 Å².